The molecule has 1 rings (SSSR count). The van der Waals surface area contributed by atoms with E-state index in [1.165, 1.54) is 0 Å². The van der Waals surface area contributed by atoms with Crippen molar-refractivity contribution in [3.8, 4) is 5.75 Å². The molecule has 94 valence electrons. The summed E-state index contributed by atoms with van der Waals surface area (Å²) >= 11 is 3.33. The molecule has 0 unspecified atom stereocenters. The van der Waals surface area contributed by atoms with E-state index in [1.54, 1.807) is 18.2 Å². The van der Waals surface area contributed by atoms with Gasteiger partial charge in [0.2, 0.25) is 0 Å². The molecule has 17 heavy (non-hydrogen) atoms. The van der Waals surface area contributed by atoms with Crippen LogP contribution in [0.5, 0.6) is 5.75 Å². The van der Waals surface area contributed by atoms with Gasteiger partial charge in [-0.15, -0.1) is 0 Å². The number of nitrogens with two attached hydrogens (primary N) is 1. The first-order valence-electron chi connectivity index (χ1n) is 5.20. The van der Waals surface area contributed by atoms with E-state index >= 15 is 0 Å². The summed E-state index contributed by atoms with van der Waals surface area (Å²) in [4.78, 5) is 11.3. The third-order valence-electron chi connectivity index (χ3n) is 2.01. The Kier molecular flexibility index (Phi) is 5.96. The average molecular weight is 303 g/mol. The molecule has 1 aromatic rings. The second-order valence-electron chi connectivity index (χ2n) is 3.16. The lowest BCUT2D eigenvalue weighted by molar-refractivity contribution is 0.0953. The largest absolute Gasteiger partial charge is 0.490 e. The van der Waals surface area contributed by atoms with Gasteiger partial charge in [-0.2, -0.15) is 0 Å². The van der Waals surface area contributed by atoms with Crippen molar-refractivity contribution in [1.29, 1.82) is 0 Å². The molecule has 0 aromatic heterocycles. The molecule has 0 atom stereocenters. The van der Waals surface area contributed by atoms with Crippen molar-refractivity contribution in [3.63, 3.8) is 0 Å². The van der Waals surface area contributed by atoms with E-state index < -0.39 is 0 Å². The molecule has 0 aliphatic rings. The third-order valence-corrected chi connectivity index (χ3v) is 2.63. The van der Waals surface area contributed by atoms with E-state index in [4.69, 9.17) is 15.3 Å². The number of nitrogen functional groups attached to an aromatic ring is 1. The quantitative estimate of drug-likeness (QED) is 0.361. The fourth-order valence-corrected chi connectivity index (χ4v) is 1.69. The SMILES string of the molecule is CCOCCOc1ccc(C(=O)NN)cc1Br. The van der Waals surface area contributed by atoms with Crippen LogP contribution in [0.3, 0.4) is 0 Å². The number of amides is 1. The smallest absolute Gasteiger partial charge is 0.265 e. The third kappa shape index (κ3) is 4.33. The fourth-order valence-electron chi connectivity index (χ4n) is 1.20. The van der Waals surface area contributed by atoms with Gasteiger partial charge < -0.3 is 9.47 Å². The van der Waals surface area contributed by atoms with Gasteiger partial charge in [0.1, 0.15) is 12.4 Å². The molecule has 0 saturated heterocycles. The minimum atomic E-state index is -0.341. The number of rotatable bonds is 6. The highest BCUT2D eigenvalue weighted by Gasteiger charge is 2.07. The van der Waals surface area contributed by atoms with Gasteiger partial charge in [0.25, 0.3) is 5.91 Å². The molecule has 0 radical (unpaired) electrons. The summed E-state index contributed by atoms with van der Waals surface area (Å²) < 4.78 is 11.3. The van der Waals surface area contributed by atoms with Crippen molar-refractivity contribution in [3.05, 3.63) is 28.2 Å². The van der Waals surface area contributed by atoms with Crippen molar-refractivity contribution >= 4 is 21.8 Å². The van der Waals surface area contributed by atoms with Crippen molar-refractivity contribution < 1.29 is 14.3 Å². The summed E-state index contributed by atoms with van der Waals surface area (Å²) in [5, 5.41) is 0. The van der Waals surface area contributed by atoms with Crippen molar-refractivity contribution in [2.75, 3.05) is 19.8 Å². The minimum Gasteiger partial charge on any atom is -0.490 e. The van der Waals surface area contributed by atoms with Crippen molar-refractivity contribution in [2.45, 2.75) is 6.92 Å². The number of hydrogen-bond acceptors (Lipinski definition) is 4. The van der Waals surface area contributed by atoms with E-state index in [1.807, 2.05) is 6.92 Å². The minimum absolute atomic E-state index is 0.341. The fraction of sp³-hybridized carbons (Fsp3) is 0.364. The van der Waals surface area contributed by atoms with Crippen LogP contribution in [0.15, 0.2) is 22.7 Å². The predicted molar refractivity (Wildman–Crippen MR) is 67.8 cm³/mol. The Morgan fingerprint density at radius 3 is 2.82 bits per heavy atom. The molecule has 0 saturated carbocycles. The maximum atomic E-state index is 11.3. The highest BCUT2D eigenvalue weighted by molar-refractivity contribution is 9.10. The molecule has 0 bridgehead atoms. The Bertz CT molecular complexity index is 385. The van der Waals surface area contributed by atoms with Gasteiger partial charge in [-0.05, 0) is 41.1 Å². The van der Waals surface area contributed by atoms with E-state index in [0.29, 0.717) is 35.6 Å². The van der Waals surface area contributed by atoms with Crippen LogP contribution in [0, 0.1) is 0 Å². The number of hydrogen-bond donors (Lipinski definition) is 2. The number of nitrogens with one attached hydrogen (secondary N) is 1. The zero-order chi connectivity index (χ0) is 12.7. The van der Waals surface area contributed by atoms with Gasteiger partial charge in [0.15, 0.2) is 0 Å². The molecule has 0 aliphatic carbocycles. The highest BCUT2D eigenvalue weighted by atomic mass is 79.9. The first-order valence-corrected chi connectivity index (χ1v) is 5.99. The number of halogens is 1. The van der Waals surface area contributed by atoms with Gasteiger partial charge in [-0.25, -0.2) is 5.84 Å². The van der Waals surface area contributed by atoms with Gasteiger partial charge in [-0.1, -0.05) is 0 Å². The monoisotopic (exact) mass is 302 g/mol. The van der Waals surface area contributed by atoms with Gasteiger partial charge in [0.05, 0.1) is 11.1 Å². The van der Waals surface area contributed by atoms with Crippen LogP contribution in [-0.4, -0.2) is 25.7 Å². The summed E-state index contributed by atoms with van der Waals surface area (Å²) in [6.07, 6.45) is 0. The number of ether oxygens (including phenoxy) is 2. The van der Waals surface area contributed by atoms with E-state index in [9.17, 15) is 4.79 Å². The lowest BCUT2D eigenvalue weighted by Gasteiger charge is -2.09. The highest BCUT2D eigenvalue weighted by Crippen LogP contribution is 2.25. The molecule has 0 aliphatic heterocycles. The van der Waals surface area contributed by atoms with Gasteiger partial charge in [-0.3, -0.25) is 10.2 Å². The zero-order valence-electron chi connectivity index (χ0n) is 9.53. The number of carbonyl (C=O) groups excluding carboxylic acids is 1. The van der Waals surface area contributed by atoms with Gasteiger partial charge >= 0.3 is 0 Å². The molecule has 0 heterocycles. The lowest BCUT2D eigenvalue weighted by atomic mass is 10.2. The molecule has 0 spiro atoms. The van der Waals surface area contributed by atoms with Crippen molar-refractivity contribution in [1.82, 2.24) is 5.43 Å². The second kappa shape index (κ2) is 7.26. The van der Waals surface area contributed by atoms with E-state index in [-0.39, 0.29) is 5.91 Å². The van der Waals surface area contributed by atoms with Crippen LogP contribution in [0.4, 0.5) is 0 Å². The van der Waals surface area contributed by atoms with Crippen LogP contribution >= 0.6 is 15.9 Å². The Morgan fingerprint density at radius 2 is 2.24 bits per heavy atom. The molecular weight excluding hydrogens is 288 g/mol. The van der Waals surface area contributed by atoms with Crippen LogP contribution in [0.1, 0.15) is 17.3 Å². The summed E-state index contributed by atoms with van der Waals surface area (Å²) in [5.74, 6) is 5.37. The van der Waals surface area contributed by atoms with Crippen molar-refractivity contribution in [2.24, 2.45) is 5.84 Å². The van der Waals surface area contributed by atoms with E-state index in [0.717, 1.165) is 0 Å². The Balaban J connectivity index is 2.60. The van der Waals surface area contributed by atoms with Crippen LogP contribution in [0.2, 0.25) is 0 Å². The molecule has 3 N–H and O–H groups in total. The Morgan fingerprint density at radius 1 is 1.47 bits per heavy atom. The van der Waals surface area contributed by atoms with Crippen LogP contribution in [-0.2, 0) is 4.74 Å². The Labute approximate surface area is 108 Å². The van der Waals surface area contributed by atoms with E-state index in [2.05, 4.69) is 21.4 Å². The first-order chi connectivity index (χ1) is 8.19. The first kappa shape index (κ1) is 14.0. The zero-order valence-corrected chi connectivity index (χ0v) is 11.1. The second-order valence-corrected chi connectivity index (χ2v) is 4.02. The van der Waals surface area contributed by atoms with Gasteiger partial charge in [0, 0.05) is 12.2 Å². The molecule has 1 amide bonds. The standard InChI is InChI=1S/C11H15BrN2O3/c1-2-16-5-6-17-10-4-3-8(7-9(10)12)11(15)14-13/h3-4,7H,2,5-6,13H2,1H3,(H,14,15). The normalized spacial score (nSPS) is 10.1. The average Bonchev–Trinajstić information content (AvgIpc) is 2.35. The molecular formula is C11H15BrN2O3. The Hall–Kier alpha value is -1.11. The summed E-state index contributed by atoms with van der Waals surface area (Å²) in [6, 6.07) is 5.00. The molecule has 0 fully saturated rings. The maximum Gasteiger partial charge on any atom is 0.265 e. The molecule has 6 heteroatoms. The topological polar surface area (TPSA) is 73.6 Å². The molecule has 1 aromatic carbocycles. The lowest BCUT2D eigenvalue weighted by Crippen LogP contribution is -2.29. The predicted octanol–water partition coefficient (Wildman–Crippen LogP) is 1.47. The summed E-state index contributed by atoms with van der Waals surface area (Å²) in [6.45, 7) is 3.60. The number of carbonyl (C=O) groups is 1. The maximum absolute atomic E-state index is 11.3. The van der Waals surface area contributed by atoms with Crippen LogP contribution in [0.25, 0.3) is 0 Å². The van der Waals surface area contributed by atoms with Crippen LogP contribution < -0.4 is 16.0 Å². The number of hydrazine groups is 1. The summed E-state index contributed by atoms with van der Waals surface area (Å²) in [5.41, 5.74) is 2.54. The molecule has 5 nitrogen and oxygen atoms in total. The number of benzene rings is 1. The summed E-state index contributed by atoms with van der Waals surface area (Å²) in [7, 11) is 0.